The monoisotopic (exact) mass is 159 g/mol. The van der Waals surface area contributed by atoms with Crippen molar-refractivity contribution in [2.75, 3.05) is 7.11 Å². The van der Waals surface area contributed by atoms with Crippen LogP contribution in [0.15, 0.2) is 0 Å². The van der Waals surface area contributed by atoms with Crippen LogP contribution in [0.2, 0.25) is 0 Å². The van der Waals surface area contributed by atoms with Crippen LogP contribution in [0.25, 0.3) is 0 Å². The van der Waals surface area contributed by atoms with Crippen molar-refractivity contribution in [2.45, 2.75) is 18.6 Å². The minimum Gasteiger partial charge on any atom is -0.467 e. The number of carbonyl (C=O) groups excluding carboxylic acids is 2. The lowest BCUT2D eigenvalue weighted by Crippen LogP contribution is -2.34. The molecule has 5 nitrogen and oxygen atoms in total. The van der Waals surface area contributed by atoms with Crippen LogP contribution < -0.4 is 5.32 Å². The van der Waals surface area contributed by atoms with Gasteiger partial charge in [0.25, 0.3) is 0 Å². The lowest BCUT2D eigenvalue weighted by atomic mass is 10.2. The van der Waals surface area contributed by atoms with Crippen molar-refractivity contribution >= 4 is 11.9 Å². The molecular formula is C6H9NO4. The van der Waals surface area contributed by atoms with Crippen molar-refractivity contribution in [3.63, 3.8) is 0 Å². The Balaban J connectivity index is 2.53. The van der Waals surface area contributed by atoms with Crippen molar-refractivity contribution in [3.05, 3.63) is 0 Å². The summed E-state index contributed by atoms with van der Waals surface area (Å²) in [6.07, 6.45) is -0.968. The van der Waals surface area contributed by atoms with Gasteiger partial charge in [0.2, 0.25) is 5.91 Å². The first kappa shape index (κ1) is 8.00. The molecule has 1 heterocycles. The maximum Gasteiger partial charge on any atom is 0.328 e. The molecule has 0 spiro atoms. The van der Waals surface area contributed by atoms with Crippen LogP contribution in [0.3, 0.4) is 0 Å². The maximum atomic E-state index is 10.8. The molecule has 11 heavy (non-hydrogen) atoms. The number of carbonyl (C=O) groups is 2. The van der Waals surface area contributed by atoms with Gasteiger partial charge in [0, 0.05) is 6.42 Å². The molecule has 1 saturated heterocycles. The number of aliphatic hydroxyl groups excluding tert-OH is 1. The fourth-order valence-corrected chi connectivity index (χ4v) is 0.955. The number of methoxy groups -OCH3 is 1. The topological polar surface area (TPSA) is 75.6 Å². The summed E-state index contributed by atoms with van der Waals surface area (Å²) in [5.41, 5.74) is 0. The number of hydrogen-bond acceptors (Lipinski definition) is 4. The molecule has 0 bridgehead atoms. The highest BCUT2D eigenvalue weighted by Gasteiger charge is 2.35. The van der Waals surface area contributed by atoms with Crippen LogP contribution in [-0.2, 0) is 14.3 Å². The lowest BCUT2D eigenvalue weighted by Gasteiger charge is -2.04. The molecule has 5 heteroatoms. The summed E-state index contributed by atoms with van der Waals surface area (Å²) in [5, 5.41) is 11.2. The van der Waals surface area contributed by atoms with Crippen molar-refractivity contribution in [2.24, 2.45) is 0 Å². The van der Waals surface area contributed by atoms with Crippen LogP contribution in [0.4, 0.5) is 0 Å². The molecule has 1 unspecified atom stereocenters. The molecule has 0 aromatic heterocycles. The molecule has 1 amide bonds. The van der Waals surface area contributed by atoms with Crippen molar-refractivity contribution in [1.82, 2.24) is 5.32 Å². The largest absolute Gasteiger partial charge is 0.467 e. The van der Waals surface area contributed by atoms with Crippen LogP contribution in [0, 0.1) is 0 Å². The van der Waals surface area contributed by atoms with E-state index in [1.807, 2.05) is 0 Å². The molecule has 0 radical (unpaired) electrons. The molecule has 0 saturated carbocycles. The van der Waals surface area contributed by atoms with E-state index in [2.05, 4.69) is 10.1 Å². The van der Waals surface area contributed by atoms with Crippen LogP contribution in [0.1, 0.15) is 6.42 Å². The number of hydrogen-bond donors (Lipinski definition) is 2. The molecule has 1 aliphatic heterocycles. The van der Waals surface area contributed by atoms with E-state index < -0.39 is 24.0 Å². The zero-order valence-electron chi connectivity index (χ0n) is 6.03. The van der Waals surface area contributed by atoms with Gasteiger partial charge in [-0.25, -0.2) is 4.79 Å². The molecule has 1 aliphatic rings. The van der Waals surface area contributed by atoms with E-state index in [4.69, 9.17) is 5.11 Å². The Morgan fingerprint density at radius 3 is 2.82 bits per heavy atom. The fourth-order valence-electron chi connectivity index (χ4n) is 0.955. The number of rotatable bonds is 1. The van der Waals surface area contributed by atoms with Crippen LogP contribution in [-0.4, -0.2) is 36.2 Å². The van der Waals surface area contributed by atoms with Crippen LogP contribution in [0.5, 0.6) is 0 Å². The average Bonchev–Trinajstić information content (AvgIpc) is 2.31. The highest BCUT2D eigenvalue weighted by Crippen LogP contribution is 2.08. The maximum absolute atomic E-state index is 10.8. The fraction of sp³-hybridized carbons (Fsp3) is 0.667. The second kappa shape index (κ2) is 2.87. The van der Waals surface area contributed by atoms with Gasteiger partial charge in [0.15, 0.2) is 0 Å². The number of ether oxygens (including phenoxy) is 1. The third-order valence-electron chi connectivity index (χ3n) is 1.56. The SMILES string of the molecule is COC(=O)[C@@H]1CC(O)C(=O)N1. The van der Waals surface area contributed by atoms with Gasteiger partial charge in [-0.1, -0.05) is 0 Å². The highest BCUT2D eigenvalue weighted by molar-refractivity contribution is 5.90. The van der Waals surface area contributed by atoms with Gasteiger partial charge in [-0.15, -0.1) is 0 Å². The Bertz CT molecular complexity index is 191. The highest BCUT2D eigenvalue weighted by atomic mass is 16.5. The minimum absolute atomic E-state index is 0.103. The van der Waals surface area contributed by atoms with E-state index in [9.17, 15) is 9.59 Å². The molecule has 1 fully saturated rings. The Labute approximate surface area is 63.3 Å². The zero-order chi connectivity index (χ0) is 8.43. The predicted octanol–water partition coefficient (Wildman–Crippen LogP) is -1.59. The van der Waals surface area contributed by atoms with E-state index in [0.29, 0.717) is 0 Å². The molecule has 2 atom stereocenters. The number of nitrogens with one attached hydrogen (secondary N) is 1. The summed E-state index contributed by atoms with van der Waals surface area (Å²) in [7, 11) is 1.24. The Kier molecular flexibility index (Phi) is 2.09. The van der Waals surface area contributed by atoms with E-state index in [-0.39, 0.29) is 6.42 Å². The minimum atomic E-state index is -1.07. The molecule has 1 rings (SSSR count). The Morgan fingerprint density at radius 2 is 2.45 bits per heavy atom. The standard InChI is InChI=1S/C6H9NO4/c1-11-6(10)3-2-4(8)5(9)7-3/h3-4,8H,2H2,1H3,(H,7,9)/t3-,4?/m0/s1. The summed E-state index contributed by atoms with van der Waals surface area (Å²) in [4.78, 5) is 21.4. The first-order valence-corrected chi connectivity index (χ1v) is 3.21. The summed E-state index contributed by atoms with van der Waals surface area (Å²) in [6.45, 7) is 0. The quantitative estimate of drug-likeness (QED) is 0.452. The molecule has 0 aliphatic carbocycles. The van der Waals surface area contributed by atoms with Crippen LogP contribution >= 0.6 is 0 Å². The number of aliphatic hydroxyl groups is 1. The van der Waals surface area contributed by atoms with E-state index in [1.165, 1.54) is 7.11 Å². The van der Waals surface area contributed by atoms with Gasteiger partial charge in [-0.3, -0.25) is 4.79 Å². The second-order valence-electron chi connectivity index (χ2n) is 2.34. The van der Waals surface area contributed by atoms with Gasteiger partial charge in [0.1, 0.15) is 12.1 Å². The first-order chi connectivity index (χ1) is 5.15. The Morgan fingerprint density at radius 1 is 1.82 bits per heavy atom. The summed E-state index contributed by atoms with van der Waals surface area (Å²) in [5.74, 6) is -1.03. The summed E-state index contributed by atoms with van der Waals surface area (Å²) < 4.78 is 4.37. The molecule has 62 valence electrons. The third-order valence-corrected chi connectivity index (χ3v) is 1.56. The zero-order valence-corrected chi connectivity index (χ0v) is 6.03. The summed E-state index contributed by atoms with van der Waals surface area (Å²) in [6, 6.07) is -0.678. The predicted molar refractivity (Wildman–Crippen MR) is 34.6 cm³/mol. The van der Waals surface area contributed by atoms with Crippen molar-refractivity contribution in [1.29, 1.82) is 0 Å². The van der Waals surface area contributed by atoms with Gasteiger partial charge in [-0.2, -0.15) is 0 Å². The summed E-state index contributed by atoms with van der Waals surface area (Å²) >= 11 is 0. The second-order valence-corrected chi connectivity index (χ2v) is 2.34. The van der Waals surface area contributed by atoms with Gasteiger partial charge < -0.3 is 15.2 Å². The van der Waals surface area contributed by atoms with Gasteiger partial charge in [-0.05, 0) is 0 Å². The number of amides is 1. The van der Waals surface area contributed by atoms with Crippen molar-refractivity contribution in [3.8, 4) is 0 Å². The Hall–Kier alpha value is -1.10. The lowest BCUT2D eigenvalue weighted by molar-refractivity contribution is -0.143. The number of esters is 1. The van der Waals surface area contributed by atoms with E-state index in [0.717, 1.165) is 0 Å². The van der Waals surface area contributed by atoms with Gasteiger partial charge in [0.05, 0.1) is 7.11 Å². The van der Waals surface area contributed by atoms with Crippen molar-refractivity contribution < 1.29 is 19.4 Å². The van der Waals surface area contributed by atoms with E-state index >= 15 is 0 Å². The molecule has 0 aromatic rings. The first-order valence-electron chi connectivity index (χ1n) is 3.21. The molecule has 2 N–H and O–H groups in total. The average molecular weight is 159 g/mol. The molecular weight excluding hydrogens is 150 g/mol. The van der Waals surface area contributed by atoms with Gasteiger partial charge >= 0.3 is 5.97 Å². The van der Waals surface area contributed by atoms with E-state index in [1.54, 1.807) is 0 Å². The smallest absolute Gasteiger partial charge is 0.328 e. The molecule has 0 aromatic carbocycles. The normalized spacial score (nSPS) is 29.8. The third kappa shape index (κ3) is 1.48.